The van der Waals surface area contributed by atoms with Gasteiger partial charge in [0, 0.05) is 37.6 Å². The van der Waals surface area contributed by atoms with Crippen LogP contribution in [0.3, 0.4) is 0 Å². The summed E-state index contributed by atoms with van der Waals surface area (Å²) in [5.41, 5.74) is 1.83. The minimum Gasteiger partial charge on any atom is -0.444 e. The van der Waals surface area contributed by atoms with Crippen molar-refractivity contribution in [1.29, 1.82) is 0 Å². The summed E-state index contributed by atoms with van der Waals surface area (Å²) in [7, 11) is 3.72. The summed E-state index contributed by atoms with van der Waals surface area (Å²) in [4.78, 5) is 55.0. The number of nitrogens with one attached hydrogen (secondary N) is 4. The molecule has 46 heavy (non-hydrogen) atoms. The molecule has 1 aliphatic heterocycles. The van der Waals surface area contributed by atoms with Gasteiger partial charge in [-0.3, -0.25) is 14.4 Å². The molecule has 3 rings (SSSR count). The first-order valence-electron chi connectivity index (χ1n) is 15.9. The van der Waals surface area contributed by atoms with Gasteiger partial charge in [0.2, 0.25) is 17.7 Å². The Morgan fingerprint density at radius 1 is 1.00 bits per heavy atom. The molecule has 1 aromatic rings. The van der Waals surface area contributed by atoms with E-state index in [9.17, 15) is 19.2 Å². The highest BCUT2D eigenvalue weighted by Crippen LogP contribution is 2.35. The molecule has 1 aliphatic carbocycles. The van der Waals surface area contributed by atoms with Crippen LogP contribution in [0.4, 0.5) is 4.79 Å². The van der Waals surface area contributed by atoms with E-state index in [1.165, 1.54) is 0 Å². The first-order valence-corrected chi connectivity index (χ1v) is 15.9. The van der Waals surface area contributed by atoms with Gasteiger partial charge in [-0.2, -0.15) is 0 Å². The third-order valence-corrected chi connectivity index (χ3v) is 8.11. The minimum atomic E-state index is -0.670. The highest BCUT2D eigenvalue weighted by Gasteiger charge is 2.37. The van der Waals surface area contributed by atoms with E-state index in [0.717, 1.165) is 18.4 Å². The Balaban J connectivity index is 1.60. The fourth-order valence-electron chi connectivity index (χ4n) is 5.42. The topological polar surface area (TPSA) is 132 Å². The second-order valence-electron chi connectivity index (χ2n) is 13.7. The van der Waals surface area contributed by atoms with Crippen molar-refractivity contribution in [3.8, 4) is 0 Å². The first kappa shape index (κ1) is 36.2. The molecular weight excluding hydrogens is 584 g/mol. The molecule has 11 nitrogen and oxygen atoms in total. The molecule has 11 heteroatoms. The molecule has 1 saturated carbocycles. The van der Waals surface area contributed by atoms with Crippen LogP contribution in [-0.2, 0) is 19.1 Å². The molecule has 4 N–H and O–H groups in total. The van der Waals surface area contributed by atoms with Gasteiger partial charge in [0.25, 0.3) is 0 Å². The quantitative estimate of drug-likeness (QED) is 0.216. The molecule has 0 spiro atoms. The van der Waals surface area contributed by atoms with Crippen LogP contribution < -0.4 is 21.3 Å². The Kier molecular flexibility index (Phi) is 12.4. The molecule has 4 atom stereocenters. The van der Waals surface area contributed by atoms with E-state index in [2.05, 4.69) is 47.9 Å². The SMILES string of the molecule is C=C(C(=O)NCC(=O)NC(C(=C)N(C)C)c1ccccc1)C(CC1CC1)NC(=C)C1C[C@@H](C)CN1C(=O)CNC(=O)OC(C)(C)C. The monoisotopic (exact) mass is 636 g/mol. The van der Waals surface area contributed by atoms with Crippen molar-refractivity contribution in [1.82, 2.24) is 31.1 Å². The Morgan fingerprint density at radius 3 is 2.24 bits per heavy atom. The van der Waals surface area contributed by atoms with Crippen LogP contribution in [-0.4, -0.2) is 85.0 Å². The van der Waals surface area contributed by atoms with Crippen molar-refractivity contribution >= 4 is 23.8 Å². The number of hydrogen-bond donors (Lipinski definition) is 4. The fourth-order valence-corrected chi connectivity index (χ4v) is 5.42. The van der Waals surface area contributed by atoms with E-state index in [0.29, 0.717) is 42.3 Å². The van der Waals surface area contributed by atoms with Crippen LogP contribution in [0.25, 0.3) is 0 Å². The molecule has 0 aromatic heterocycles. The van der Waals surface area contributed by atoms with Crippen LogP contribution >= 0.6 is 0 Å². The summed E-state index contributed by atoms with van der Waals surface area (Å²) in [6, 6.07) is 8.35. The van der Waals surface area contributed by atoms with Gasteiger partial charge in [0.05, 0.1) is 24.7 Å². The number of carbonyl (C=O) groups excluding carboxylic acids is 4. The van der Waals surface area contributed by atoms with Gasteiger partial charge in [0.1, 0.15) is 12.1 Å². The Morgan fingerprint density at radius 2 is 1.65 bits per heavy atom. The fraction of sp³-hybridized carbons (Fsp3) is 0.543. The van der Waals surface area contributed by atoms with Crippen LogP contribution in [0.5, 0.6) is 0 Å². The van der Waals surface area contributed by atoms with Crippen LogP contribution in [0.15, 0.2) is 67.0 Å². The maximum absolute atomic E-state index is 13.3. The molecule has 3 unspecified atom stereocenters. The van der Waals surface area contributed by atoms with E-state index < -0.39 is 29.7 Å². The van der Waals surface area contributed by atoms with Gasteiger partial charge in [-0.15, -0.1) is 0 Å². The highest BCUT2D eigenvalue weighted by molar-refractivity contribution is 5.96. The minimum absolute atomic E-state index is 0.193. The largest absolute Gasteiger partial charge is 0.444 e. The zero-order valence-corrected chi connectivity index (χ0v) is 28.3. The van der Waals surface area contributed by atoms with E-state index in [1.807, 2.05) is 49.3 Å². The summed E-state index contributed by atoms with van der Waals surface area (Å²) in [5, 5.41) is 11.6. The number of rotatable bonds is 15. The highest BCUT2D eigenvalue weighted by atomic mass is 16.6. The average Bonchev–Trinajstić information content (AvgIpc) is 3.72. The van der Waals surface area contributed by atoms with Crippen molar-refractivity contribution in [3.05, 3.63) is 72.6 Å². The Labute approximate surface area is 273 Å². The van der Waals surface area contributed by atoms with E-state index in [-0.39, 0.29) is 36.9 Å². The van der Waals surface area contributed by atoms with Crippen molar-refractivity contribution in [2.75, 3.05) is 33.7 Å². The molecule has 1 aromatic carbocycles. The maximum Gasteiger partial charge on any atom is 0.408 e. The lowest BCUT2D eigenvalue weighted by Crippen LogP contribution is -2.48. The number of ether oxygens (including phenoxy) is 1. The maximum atomic E-state index is 13.3. The zero-order valence-electron chi connectivity index (χ0n) is 28.3. The summed E-state index contributed by atoms with van der Waals surface area (Å²) in [6.07, 6.45) is 2.87. The smallest absolute Gasteiger partial charge is 0.408 e. The molecule has 1 heterocycles. The number of benzene rings is 1. The average molecular weight is 637 g/mol. The molecule has 2 aliphatic rings. The predicted octanol–water partition coefficient (Wildman–Crippen LogP) is 3.63. The summed E-state index contributed by atoms with van der Waals surface area (Å²) in [6.45, 7) is 19.9. The standard InChI is InChI=1S/C35H52N6O5/c1-22-17-29(41(21-22)31(43)20-37-34(45)46-35(5,6)7)24(3)38-28(18-26-15-16-26)23(2)33(44)36-19-30(42)39-32(25(4)40(8)9)27-13-11-10-12-14-27/h10-14,22,26,28-29,32,38H,2-4,15-21H2,1,5-9H3,(H,36,44)(H,37,45)(H,39,42)/t22-,28?,29?,32?/m1/s1. The number of hydrogen-bond acceptors (Lipinski definition) is 7. The molecule has 1 saturated heterocycles. The van der Waals surface area contributed by atoms with Crippen LogP contribution in [0.2, 0.25) is 0 Å². The number of nitrogens with zero attached hydrogens (tertiary/aromatic N) is 2. The molecule has 2 fully saturated rings. The number of alkyl carbamates (subject to hydrolysis) is 1. The van der Waals surface area contributed by atoms with Gasteiger partial charge in [-0.05, 0) is 51.0 Å². The number of carbonyl (C=O) groups is 4. The van der Waals surface area contributed by atoms with E-state index in [4.69, 9.17) is 4.74 Å². The molecule has 4 amide bonds. The van der Waals surface area contributed by atoms with Crippen molar-refractivity contribution in [2.45, 2.75) is 77.1 Å². The Bertz CT molecular complexity index is 1300. The molecule has 0 radical (unpaired) electrons. The number of amides is 4. The van der Waals surface area contributed by atoms with Crippen LogP contribution in [0, 0.1) is 11.8 Å². The Hall–Kier alpha value is -4.28. The number of likely N-dealkylation sites (tertiary alicyclic amines) is 1. The lowest BCUT2D eigenvalue weighted by Gasteiger charge is -2.31. The molecule has 252 valence electrons. The van der Waals surface area contributed by atoms with Crippen molar-refractivity contribution < 1.29 is 23.9 Å². The summed E-state index contributed by atoms with van der Waals surface area (Å²) >= 11 is 0. The van der Waals surface area contributed by atoms with Gasteiger partial charge in [-0.1, -0.05) is 69.8 Å². The third kappa shape index (κ3) is 11.0. The third-order valence-electron chi connectivity index (χ3n) is 8.11. The van der Waals surface area contributed by atoms with Gasteiger partial charge < -0.3 is 35.8 Å². The van der Waals surface area contributed by atoms with Gasteiger partial charge in [-0.25, -0.2) is 4.79 Å². The lowest BCUT2D eigenvalue weighted by atomic mass is 9.99. The van der Waals surface area contributed by atoms with Gasteiger partial charge in [0.15, 0.2) is 0 Å². The number of likely N-dealkylation sites (N-methyl/N-ethyl adjacent to an activating group) is 1. The van der Waals surface area contributed by atoms with Crippen molar-refractivity contribution in [2.24, 2.45) is 11.8 Å². The molecular formula is C35H52N6O5. The second kappa shape index (κ2) is 15.8. The molecule has 0 bridgehead atoms. The lowest BCUT2D eigenvalue weighted by molar-refractivity contribution is -0.130. The predicted molar refractivity (Wildman–Crippen MR) is 179 cm³/mol. The van der Waals surface area contributed by atoms with Crippen LogP contribution in [0.1, 0.15) is 65.0 Å². The zero-order chi connectivity index (χ0) is 34.2. The second-order valence-corrected chi connectivity index (χ2v) is 13.7. The summed E-state index contributed by atoms with van der Waals surface area (Å²) < 4.78 is 5.25. The van der Waals surface area contributed by atoms with E-state index >= 15 is 0 Å². The normalized spacial score (nSPS) is 18.9. The summed E-state index contributed by atoms with van der Waals surface area (Å²) in [5.74, 6) is -0.346. The van der Waals surface area contributed by atoms with Crippen molar-refractivity contribution in [3.63, 3.8) is 0 Å². The van der Waals surface area contributed by atoms with Gasteiger partial charge >= 0.3 is 6.09 Å². The van der Waals surface area contributed by atoms with E-state index in [1.54, 1.807) is 25.7 Å². The first-order chi connectivity index (χ1) is 21.6.